The lowest BCUT2D eigenvalue weighted by Gasteiger charge is -1.97. The number of nitriles is 1. The minimum atomic E-state index is -0.0788. The van der Waals surface area contributed by atoms with E-state index in [0.717, 1.165) is 25.0 Å². The molecule has 0 rings (SSSR count). The van der Waals surface area contributed by atoms with Gasteiger partial charge in [-0.3, -0.25) is 0 Å². The van der Waals surface area contributed by atoms with Gasteiger partial charge >= 0.3 is 0 Å². The Hall–Kier alpha value is 0.190. The molecule has 0 bridgehead atoms. The molecule has 0 spiro atoms. The Morgan fingerprint density at radius 2 is 2.11 bits per heavy atom. The van der Waals surface area contributed by atoms with Gasteiger partial charge in [0, 0.05) is 0 Å². The van der Waals surface area contributed by atoms with E-state index in [1.54, 1.807) is 0 Å². The highest BCUT2D eigenvalue weighted by atomic mass is 32.1. The van der Waals surface area contributed by atoms with Gasteiger partial charge in [0.25, 0.3) is 0 Å². The molecule has 3 heteroatoms. The maximum Gasteiger partial charge on any atom is 0.0887 e. The summed E-state index contributed by atoms with van der Waals surface area (Å²) in [4.78, 5) is 0. The molecule has 0 aromatic rings. The van der Waals surface area contributed by atoms with E-state index in [0.29, 0.717) is 0 Å². The predicted octanol–water partition coefficient (Wildman–Crippen LogP) is 1.91. The van der Waals surface area contributed by atoms with Crippen molar-refractivity contribution >= 4 is 25.3 Å². The average molecular weight is 161 g/mol. The minimum Gasteiger partial charge on any atom is -0.197 e. The number of thiol groups is 2. The van der Waals surface area contributed by atoms with Crippen molar-refractivity contribution in [2.24, 2.45) is 0 Å². The highest BCUT2D eigenvalue weighted by Crippen LogP contribution is 2.05. The monoisotopic (exact) mass is 161 g/mol. The largest absolute Gasteiger partial charge is 0.197 e. The zero-order valence-electron chi connectivity index (χ0n) is 5.25. The summed E-state index contributed by atoms with van der Waals surface area (Å²) in [5.74, 6) is 0.909. The zero-order chi connectivity index (χ0) is 7.11. The van der Waals surface area contributed by atoms with E-state index in [1.807, 2.05) is 0 Å². The fourth-order valence-corrected chi connectivity index (χ4v) is 0.920. The number of hydrogen-bond acceptors (Lipinski definition) is 3. The molecule has 0 aromatic heterocycles. The van der Waals surface area contributed by atoms with Crippen molar-refractivity contribution in [1.29, 1.82) is 5.26 Å². The third-order valence-corrected chi connectivity index (χ3v) is 1.72. The molecule has 9 heavy (non-hydrogen) atoms. The second-order valence-electron chi connectivity index (χ2n) is 1.86. The quantitative estimate of drug-likeness (QED) is 0.477. The number of hydrogen-bond donors (Lipinski definition) is 2. The van der Waals surface area contributed by atoms with Gasteiger partial charge in [-0.15, -0.1) is 0 Å². The first-order chi connectivity index (χ1) is 4.31. The van der Waals surface area contributed by atoms with Crippen LogP contribution < -0.4 is 0 Å². The average Bonchev–Trinajstić information content (AvgIpc) is 1.89. The van der Waals surface area contributed by atoms with Crippen LogP contribution in [0.25, 0.3) is 0 Å². The molecular weight excluding hydrogens is 150 g/mol. The van der Waals surface area contributed by atoms with E-state index < -0.39 is 0 Å². The van der Waals surface area contributed by atoms with Gasteiger partial charge in [-0.1, -0.05) is 6.42 Å². The summed E-state index contributed by atoms with van der Waals surface area (Å²) in [5, 5.41) is 8.21. The molecule has 1 nitrogen and oxygen atoms in total. The van der Waals surface area contributed by atoms with Crippen LogP contribution >= 0.6 is 25.3 Å². The summed E-state index contributed by atoms with van der Waals surface area (Å²) in [5.41, 5.74) is 0. The second-order valence-corrected chi connectivity index (χ2v) is 2.93. The maximum absolute atomic E-state index is 8.29. The number of nitrogens with zero attached hydrogens (tertiary/aromatic N) is 1. The van der Waals surface area contributed by atoms with E-state index in [9.17, 15) is 0 Å². The Morgan fingerprint density at radius 1 is 1.44 bits per heavy atom. The lowest BCUT2D eigenvalue weighted by atomic mass is 10.2. The van der Waals surface area contributed by atoms with Gasteiger partial charge in [0.2, 0.25) is 0 Å². The molecule has 0 aliphatic heterocycles. The van der Waals surface area contributed by atoms with Gasteiger partial charge in [0.15, 0.2) is 0 Å². The van der Waals surface area contributed by atoms with Crippen LogP contribution in [0.3, 0.4) is 0 Å². The lowest BCUT2D eigenvalue weighted by molar-refractivity contribution is 0.751. The minimum absolute atomic E-state index is 0.0788. The predicted molar refractivity (Wildman–Crippen MR) is 46.1 cm³/mol. The van der Waals surface area contributed by atoms with Crippen molar-refractivity contribution in [3.63, 3.8) is 0 Å². The molecule has 1 atom stereocenters. The van der Waals surface area contributed by atoms with Crippen LogP contribution in [0.15, 0.2) is 0 Å². The first kappa shape index (κ1) is 9.19. The van der Waals surface area contributed by atoms with E-state index in [1.165, 1.54) is 0 Å². The van der Waals surface area contributed by atoms with E-state index >= 15 is 0 Å². The van der Waals surface area contributed by atoms with Gasteiger partial charge in [-0.2, -0.15) is 30.5 Å². The van der Waals surface area contributed by atoms with Crippen LogP contribution in [0.1, 0.15) is 19.3 Å². The third-order valence-electron chi connectivity index (χ3n) is 1.03. The Balaban J connectivity index is 2.99. The smallest absolute Gasteiger partial charge is 0.0887 e. The SMILES string of the molecule is N#CC(S)CCCCS. The maximum atomic E-state index is 8.29. The van der Waals surface area contributed by atoms with Crippen LogP contribution in [0.4, 0.5) is 0 Å². The van der Waals surface area contributed by atoms with Crippen molar-refractivity contribution < 1.29 is 0 Å². The molecule has 0 saturated carbocycles. The van der Waals surface area contributed by atoms with Crippen LogP contribution in [-0.4, -0.2) is 11.0 Å². The Labute approximate surface area is 67.3 Å². The summed E-state index contributed by atoms with van der Waals surface area (Å²) in [7, 11) is 0. The first-order valence-electron chi connectivity index (χ1n) is 2.99. The van der Waals surface area contributed by atoms with Crippen molar-refractivity contribution in [1.82, 2.24) is 0 Å². The fraction of sp³-hybridized carbons (Fsp3) is 0.833. The Kier molecular flexibility index (Phi) is 6.45. The van der Waals surface area contributed by atoms with Crippen molar-refractivity contribution in [2.45, 2.75) is 24.5 Å². The van der Waals surface area contributed by atoms with E-state index in [-0.39, 0.29) is 5.25 Å². The number of unbranched alkanes of at least 4 members (excludes halogenated alkanes) is 1. The summed E-state index contributed by atoms with van der Waals surface area (Å²) in [6.45, 7) is 0. The Bertz CT molecular complexity index is 97.7. The summed E-state index contributed by atoms with van der Waals surface area (Å²) in [6, 6.07) is 2.06. The Morgan fingerprint density at radius 3 is 2.56 bits per heavy atom. The lowest BCUT2D eigenvalue weighted by Crippen LogP contribution is -1.93. The van der Waals surface area contributed by atoms with Crippen LogP contribution in [0.5, 0.6) is 0 Å². The van der Waals surface area contributed by atoms with Crippen LogP contribution in [-0.2, 0) is 0 Å². The number of rotatable bonds is 4. The van der Waals surface area contributed by atoms with E-state index in [4.69, 9.17) is 5.26 Å². The molecule has 0 aromatic carbocycles. The molecule has 0 aliphatic carbocycles. The molecule has 1 unspecified atom stereocenters. The van der Waals surface area contributed by atoms with Gasteiger partial charge in [0.1, 0.15) is 0 Å². The molecule has 0 heterocycles. The van der Waals surface area contributed by atoms with Crippen LogP contribution in [0, 0.1) is 11.3 Å². The summed E-state index contributed by atoms with van der Waals surface area (Å²) >= 11 is 8.06. The fourth-order valence-electron chi connectivity index (χ4n) is 0.514. The third kappa shape index (κ3) is 6.07. The zero-order valence-corrected chi connectivity index (χ0v) is 7.04. The van der Waals surface area contributed by atoms with E-state index in [2.05, 4.69) is 31.3 Å². The van der Waals surface area contributed by atoms with Crippen LogP contribution in [0.2, 0.25) is 0 Å². The molecular formula is C6H11NS2. The van der Waals surface area contributed by atoms with Gasteiger partial charge in [-0.05, 0) is 18.6 Å². The molecule has 0 aliphatic rings. The molecule has 0 fully saturated rings. The first-order valence-corrected chi connectivity index (χ1v) is 4.14. The molecule has 0 N–H and O–H groups in total. The van der Waals surface area contributed by atoms with Crippen molar-refractivity contribution in [3.8, 4) is 6.07 Å². The van der Waals surface area contributed by atoms with Gasteiger partial charge < -0.3 is 0 Å². The molecule has 0 radical (unpaired) electrons. The normalized spacial score (nSPS) is 12.6. The summed E-state index contributed by atoms with van der Waals surface area (Å²) in [6.07, 6.45) is 3.03. The topological polar surface area (TPSA) is 23.8 Å². The molecule has 52 valence electrons. The highest BCUT2D eigenvalue weighted by Gasteiger charge is 1.97. The standard InChI is InChI=1S/C6H11NS2/c7-5-6(9)3-1-2-4-8/h6,8-9H,1-4H2. The summed E-state index contributed by atoms with van der Waals surface area (Å²) < 4.78 is 0. The van der Waals surface area contributed by atoms with Gasteiger partial charge in [-0.25, -0.2) is 0 Å². The molecule has 0 saturated heterocycles. The van der Waals surface area contributed by atoms with Crippen molar-refractivity contribution in [2.75, 3.05) is 5.75 Å². The highest BCUT2D eigenvalue weighted by molar-refractivity contribution is 7.81. The second kappa shape index (κ2) is 6.31. The van der Waals surface area contributed by atoms with Gasteiger partial charge in [0.05, 0.1) is 11.3 Å². The molecule has 0 amide bonds. The van der Waals surface area contributed by atoms with Crippen molar-refractivity contribution in [3.05, 3.63) is 0 Å².